The molecule has 0 aromatic rings. The molecule has 16 heavy (non-hydrogen) atoms. The van der Waals surface area contributed by atoms with E-state index in [4.69, 9.17) is 9.05 Å². The van der Waals surface area contributed by atoms with Gasteiger partial charge >= 0.3 is 7.75 Å². The van der Waals surface area contributed by atoms with E-state index >= 15 is 0 Å². The molecule has 0 aromatic heterocycles. The van der Waals surface area contributed by atoms with Crippen molar-refractivity contribution in [2.45, 2.75) is 13.8 Å². The van der Waals surface area contributed by atoms with Gasteiger partial charge in [0.15, 0.2) is 0 Å². The first-order valence-corrected chi connectivity index (χ1v) is 6.76. The lowest BCUT2D eigenvalue weighted by molar-refractivity contribution is -0.115. The van der Waals surface area contributed by atoms with Crippen molar-refractivity contribution in [3.63, 3.8) is 0 Å². The fraction of sp³-hybridized carbons (Fsp3) is 0.889. The Morgan fingerprint density at radius 3 is 1.94 bits per heavy atom. The number of carbonyl (C=O) groups excluding carboxylic acids is 1. The zero-order valence-corrected chi connectivity index (χ0v) is 11.3. The highest BCUT2D eigenvalue weighted by Crippen LogP contribution is 2.50. The molecule has 0 aliphatic heterocycles. The number of nitrogens with zero attached hydrogens (tertiary/aromatic N) is 2. The van der Waals surface area contributed by atoms with Crippen LogP contribution in [-0.2, 0) is 18.4 Å². The number of likely N-dealkylation sites (N-methyl/N-ethyl adjacent to an activating group) is 1. The topological polar surface area (TPSA) is 59.1 Å². The smallest absolute Gasteiger partial charge is 0.308 e. The van der Waals surface area contributed by atoms with Gasteiger partial charge in [-0.15, -0.1) is 0 Å². The highest BCUT2D eigenvalue weighted by Gasteiger charge is 2.31. The van der Waals surface area contributed by atoms with E-state index in [1.165, 1.54) is 0 Å². The van der Waals surface area contributed by atoms with Gasteiger partial charge in [0.25, 0.3) is 0 Å². The third-order valence-corrected chi connectivity index (χ3v) is 3.89. The molecule has 0 aliphatic carbocycles. The van der Waals surface area contributed by atoms with Gasteiger partial charge in [-0.05, 0) is 27.9 Å². The average molecular weight is 252 g/mol. The second-order valence-electron chi connectivity index (χ2n) is 3.38. The van der Waals surface area contributed by atoms with Crippen LogP contribution in [0.15, 0.2) is 0 Å². The molecule has 0 saturated heterocycles. The van der Waals surface area contributed by atoms with Gasteiger partial charge < -0.3 is 4.90 Å². The van der Waals surface area contributed by atoms with Crippen LogP contribution < -0.4 is 0 Å². The second-order valence-corrected chi connectivity index (χ2v) is 5.34. The lowest BCUT2D eigenvalue weighted by Gasteiger charge is -2.27. The summed E-state index contributed by atoms with van der Waals surface area (Å²) in [5, 5.41) is 0. The average Bonchev–Trinajstić information content (AvgIpc) is 2.18. The Labute approximate surface area is 97.1 Å². The Kier molecular flexibility index (Phi) is 7.58. The van der Waals surface area contributed by atoms with E-state index in [-0.39, 0.29) is 13.2 Å². The first kappa shape index (κ1) is 15.6. The normalized spacial score (nSPS) is 11.8. The van der Waals surface area contributed by atoms with Crippen molar-refractivity contribution in [2.75, 3.05) is 40.4 Å². The molecule has 0 heterocycles. The first-order chi connectivity index (χ1) is 7.50. The van der Waals surface area contributed by atoms with Crippen LogP contribution in [-0.4, -0.2) is 56.4 Å². The largest absolute Gasteiger partial charge is 0.437 e. The van der Waals surface area contributed by atoms with Crippen molar-refractivity contribution in [1.29, 1.82) is 0 Å². The molecule has 0 rings (SSSR count). The molecule has 0 bridgehead atoms. The standard InChI is InChI=1S/C9H21N2O4P/c1-5-14-16(13,15-6-2)11(9-12)8-7-10(3)4/h9H,5-8H2,1-4H3. The summed E-state index contributed by atoms with van der Waals surface area (Å²) in [6, 6.07) is 0. The van der Waals surface area contributed by atoms with E-state index in [0.29, 0.717) is 19.5 Å². The summed E-state index contributed by atoms with van der Waals surface area (Å²) in [6.45, 7) is 4.81. The van der Waals surface area contributed by atoms with Crippen molar-refractivity contribution < 1.29 is 18.4 Å². The molecular weight excluding hydrogens is 231 g/mol. The molecule has 1 amide bonds. The van der Waals surface area contributed by atoms with Gasteiger partial charge in [0.05, 0.1) is 13.2 Å². The van der Waals surface area contributed by atoms with Gasteiger partial charge in [-0.1, -0.05) is 0 Å². The van der Waals surface area contributed by atoms with Crippen molar-refractivity contribution in [3.8, 4) is 0 Å². The molecule has 0 atom stereocenters. The Bertz CT molecular complexity index is 238. The van der Waals surface area contributed by atoms with Crippen LogP contribution in [0.4, 0.5) is 0 Å². The number of carbonyl (C=O) groups is 1. The maximum atomic E-state index is 12.2. The summed E-state index contributed by atoms with van der Waals surface area (Å²) < 4.78 is 23.4. The van der Waals surface area contributed by atoms with E-state index in [1.54, 1.807) is 13.8 Å². The molecule has 0 unspecified atom stereocenters. The SMILES string of the molecule is CCOP(=O)(OCC)N(C=O)CCN(C)C. The van der Waals surface area contributed by atoms with Crippen LogP contribution in [0, 0.1) is 0 Å². The Balaban J connectivity index is 4.57. The number of hydrogen-bond donors (Lipinski definition) is 0. The molecule has 0 aromatic carbocycles. The zero-order chi connectivity index (χ0) is 12.6. The molecule has 0 saturated carbocycles. The van der Waals surface area contributed by atoms with Gasteiger partial charge in [-0.2, -0.15) is 0 Å². The molecule has 0 radical (unpaired) electrons. The molecule has 6 nitrogen and oxygen atoms in total. The zero-order valence-electron chi connectivity index (χ0n) is 10.4. The van der Waals surface area contributed by atoms with Crippen LogP contribution in [0.3, 0.4) is 0 Å². The van der Waals surface area contributed by atoms with Crippen LogP contribution in [0.2, 0.25) is 0 Å². The molecule has 96 valence electrons. The summed E-state index contributed by atoms with van der Waals surface area (Å²) in [6.07, 6.45) is 0.510. The highest BCUT2D eigenvalue weighted by molar-refractivity contribution is 7.51. The molecule has 0 N–H and O–H groups in total. The van der Waals surface area contributed by atoms with Crippen LogP contribution in [0.25, 0.3) is 0 Å². The minimum Gasteiger partial charge on any atom is -0.308 e. The van der Waals surface area contributed by atoms with E-state index in [2.05, 4.69) is 0 Å². The van der Waals surface area contributed by atoms with E-state index < -0.39 is 7.75 Å². The third-order valence-electron chi connectivity index (χ3n) is 1.80. The fourth-order valence-electron chi connectivity index (χ4n) is 1.05. The quantitative estimate of drug-likeness (QED) is 0.455. The summed E-state index contributed by atoms with van der Waals surface area (Å²) in [4.78, 5) is 12.8. The fourth-order valence-corrected chi connectivity index (χ4v) is 2.52. The monoisotopic (exact) mass is 252 g/mol. The number of rotatable bonds is 9. The van der Waals surface area contributed by atoms with Gasteiger partial charge in [0, 0.05) is 13.1 Å². The van der Waals surface area contributed by atoms with E-state index in [9.17, 15) is 9.36 Å². The van der Waals surface area contributed by atoms with Crippen molar-refractivity contribution in [3.05, 3.63) is 0 Å². The highest BCUT2D eigenvalue weighted by atomic mass is 31.2. The Morgan fingerprint density at radius 2 is 1.62 bits per heavy atom. The Hall–Kier alpha value is -0.420. The first-order valence-electron chi connectivity index (χ1n) is 5.26. The van der Waals surface area contributed by atoms with Gasteiger partial charge in [-0.3, -0.25) is 18.5 Å². The predicted octanol–water partition coefficient (Wildman–Crippen LogP) is 1.19. The third kappa shape index (κ3) is 5.07. The van der Waals surface area contributed by atoms with Crippen LogP contribution in [0.1, 0.15) is 13.8 Å². The summed E-state index contributed by atoms with van der Waals surface area (Å²) in [7, 11) is 0.294. The lowest BCUT2D eigenvalue weighted by Crippen LogP contribution is -2.30. The van der Waals surface area contributed by atoms with Gasteiger partial charge in [0.1, 0.15) is 0 Å². The lowest BCUT2D eigenvalue weighted by atomic mass is 10.6. The molecule has 0 aliphatic rings. The van der Waals surface area contributed by atoms with Crippen molar-refractivity contribution in [1.82, 2.24) is 9.57 Å². The summed E-state index contributed by atoms with van der Waals surface area (Å²) >= 11 is 0. The maximum absolute atomic E-state index is 12.2. The van der Waals surface area contributed by atoms with Gasteiger partial charge in [-0.25, -0.2) is 4.57 Å². The minimum absolute atomic E-state index is 0.240. The van der Waals surface area contributed by atoms with Crippen molar-refractivity contribution in [2.24, 2.45) is 0 Å². The summed E-state index contributed by atoms with van der Waals surface area (Å²) in [5.74, 6) is 0. The van der Waals surface area contributed by atoms with Crippen LogP contribution >= 0.6 is 7.75 Å². The van der Waals surface area contributed by atoms with Crippen molar-refractivity contribution >= 4 is 14.2 Å². The van der Waals surface area contributed by atoms with E-state index in [1.807, 2.05) is 19.0 Å². The van der Waals surface area contributed by atoms with E-state index in [0.717, 1.165) is 4.67 Å². The number of hydrogen-bond acceptors (Lipinski definition) is 5. The second kappa shape index (κ2) is 7.79. The Morgan fingerprint density at radius 1 is 1.12 bits per heavy atom. The predicted molar refractivity (Wildman–Crippen MR) is 62.2 cm³/mol. The summed E-state index contributed by atoms with van der Waals surface area (Å²) in [5.41, 5.74) is 0. The number of amides is 1. The molecular formula is C9H21N2O4P. The molecule has 7 heteroatoms. The van der Waals surface area contributed by atoms with Crippen LogP contribution in [0.5, 0.6) is 0 Å². The minimum atomic E-state index is -3.45. The maximum Gasteiger partial charge on any atom is 0.437 e. The molecule has 0 fully saturated rings. The van der Waals surface area contributed by atoms with Gasteiger partial charge in [0.2, 0.25) is 6.41 Å². The molecule has 0 spiro atoms.